The minimum atomic E-state index is -0.615. The van der Waals surface area contributed by atoms with Crippen LogP contribution in [0.1, 0.15) is 5.56 Å². The van der Waals surface area contributed by atoms with Crippen molar-refractivity contribution < 1.29 is 7.86 Å². The van der Waals surface area contributed by atoms with E-state index >= 15 is 0 Å². The summed E-state index contributed by atoms with van der Waals surface area (Å²) in [5.41, 5.74) is 7.80. The first-order chi connectivity index (χ1) is 7.72. The van der Waals surface area contributed by atoms with Crippen molar-refractivity contribution in [3.05, 3.63) is 36.0 Å². The molecule has 0 saturated carbocycles. The van der Waals surface area contributed by atoms with Crippen LogP contribution >= 0.6 is 23.0 Å². The molecule has 0 aliphatic rings. The Morgan fingerprint density at radius 2 is 2.25 bits per heavy atom. The number of para-hydroxylation sites is 1. The van der Waals surface area contributed by atoms with E-state index in [4.69, 9.17) is 5.73 Å². The highest BCUT2D eigenvalue weighted by Gasteiger charge is 2.16. The molecule has 0 radical (unpaired) electrons. The molecule has 0 amide bonds. The molecule has 4 nitrogen and oxygen atoms in total. The fourth-order valence-electron chi connectivity index (χ4n) is 1.68. The summed E-state index contributed by atoms with van der Waals surface area (Å²) in [4.78, 5) is 14.4. The monoisotopic (exact) mass is 330 g/mol. The Morgan fingerprint density at radius 3 is 3.00 bits per heavy atom. The second kappa shape index (κ2) is 4.84. The van der Waals surface area contributed by atoms with Crippen LogP contribution in [0.15, 0.2) is 30.5 Å². The number of hydrogen-bond acceptors (Lipinski definition) is 3. The van der Waals surface area contributed by atoms with Crippen LogP contribution in [0.25, 0.3) is 10.9 Å². The van der Waals surface area contributed by atoms with Crippen molar-refractivity contribution in [1.82, 2.24) is 4.98 Å². The van der Waals surface area contributed by atoms with Crippen LogP contribution < -0.4 is 5.73 Å². The van der Waals surface area contributed by atoms with Crippen LogP contribution in [0.2, 0.25) is 0 Å². The fraction of sp³-hybridized carbons (Fsp3) is 0.182. The number of fused-ring (bicyclic) bond motifs is 1. The Kier molecular flexibility index (Phi) is 3.45. The number of nitrogens with one attached hydrogen (secondary N) is 1. The van der Waals surface area contributed by atoms with Crippen molar-refractivity contribution in [3.8, 4) is 0 Å². The summed E-state index contributed by atoms with van der Waals surface area (Å²) in [6.07, 6.45) is 2.36. The number of hydrogen-bond donors (Lipinski definition) is 2. The van der Waals surface area contributed by atoms with Crippen molar-refractivity contribution in [1.29, 1.82) is 0 Å². The molecule has 0 saturated heterocycles. The number of benzene rings is 1. The molecule has 84 valence electrons. The maximum Gasteiger partial charge on any atom is 0.332 e. The number of nitrogens with two attached hydrogens (primary N) is 1. The molecule has 1 atom stereocenters. The first-order valence-electron chi connectivity index (χ1n) is 4.85. The van der Waals surface area contributed by atoms with Gasteiger partial charge in [0.2, 0.25) is 0 Å². The highest BCUT2D eigenvalue weighted by molar-refractivity contribution is 14.1. The molecule has 0 aliphatic heterocycles. The zero-order chi connectivity index (χ0) is 11.5. The zero-order valence-corrected chi connectivity index (χ0v) is 10.6. The number of aromatic amines is 1. The lowest BCUT2D eigenvalue weighted by Gasteiger charge is -2.06. The number of halogens is 1. The molecule has 0 fully saturated rings. The van der Waals surface area contributed by atoms with E-state index in [1.807, 2.05) is 30.5 Å². The van der Waals surface area contributed by atoms with Gasteiger partial charge in [0.1, 0.15) is 6.04 Å². The lowest BCUT2D eigenvalue weighted by atomic mass is 10.1. The summed E-state index contributed by atoms with van der Waals surface area (Å²) in [6.45, 7) is 0. The van der Waals surface area contributed by atoms with Gasteiger partial charge in [-0.2, -0.15) is 0 Å². The molecule has 5 heteroatoms. The second-order valence-corrected chi connectivity index (χ2v) is 4.01. The number of carbonyl (C=O) groups excluding carboxylic acids is 1. The smallest absolute Gasteiger partial charge is 0.332 e. The SMILES string of the molecule is NC(Cc1c[nH]c2ccccc12)C(=O)OI. The normalized spacial score (nSPS) is 12.6. The molecule has 1 heterocycles. The van der Waals surface area contributed by atoms with Crippen molar-refractivity contribution in [2.24, 2.45) is 5.73 Å². The molecule has 0 aliphatic carbocycles. The van der Waals surface area contributed by atoms with Gasteiger partial charge in [0.15, 0.2) is 23.0 Å². The number of carbonyl (C=O) groups is 1. The Labute approximate surface area is 107 Å². The lowest BCUT2D eigenvalue weighted by molar-refractivity contribution is -0.132. The minimum absolute atomic E-state index is 0.397. The quantitative estimate of drug-likeness (QED) is 0.845. The number of aromatic nitrogens is 1. The molecular formula is C11H11IN2O2. The lowest BCUT2D eigenvalue weighted by Crippen LogP contribution is -2.32. The molecule has 0 bridgehead atoms. The van der Waals surface area contributed by atoms with Crippen LogP contribution in [-0.2, 0) is 14.3 Å². The van der Waals surface area contributed by atoms with Crippen LogP contribution in [0.4, 0.5) is 0 Å². The molecule has 1 aromatic heterocycles. The second-order valence-electron chi connectivity index (χ2n) is 3.57. The highest BCUT2D eigenvalue weighted by Crippen LogP contribution is 2.18. The first-order valence-corrected chi connectivity index (χ1v) is 5.73. The van der Waals surface area contributed by atoms with E-state index in [9.17, 15) is 4.79 Å². The minimum Gasteiger partial charge on any atom is -0.393 e. The maximum atomic E-state index is 11.2. The predicted octanol–water partition coefficient (Wildman–Crippen LogP) is 1.93. The Balaban J connectivity index is 2.24. The standard InChI is InChI=1S/C11H11IN2O2/c12-16-11(15)9(13)5-7-6-14-10-4-2-1-3-8(7)10/h1-4,6,9,14H,5,13H2. The van der Waals surface area contributed by atoms with Gasteiger partial charge in [0, 0.05) is 23.5 Å². The van der Waals surface area contributed by atoms with Gasteiger partial charge in [-0.05, 0) is 11.6 Å². The van der Waals surface area contributed by atoms with E-state index in [1.165, 1.54) is 0 Å². The third kappa shape index (κ3) is 2.19. The summed E-state index contributed by atoms with van der Waals surface area (Å²) in [6, 6.07) is 7.30. The van der Waals surface area contributed by atoms with E-state index in [-0.39, 0.29) is 0 Å². The fourth-order valence-corrected chi connectivity index (χ4v) is 2.00. The van der Waals surface area contributed by atoms with Gasteiger partial charge in [-0.15, -0.1) is 0 Å². The summed E-state index contributed by atoms with van der Waals surface area (Å²) in [7, 11) is 0. The average molecular weight is 330 g/mol. The highest BCUT2D eigenvalue weighted by atomic mass is 127. The Bertz CT molecular complexity index is 509. The predicted molar refractivity (Wildman–Crippen MR) is 70.1 cm³/mol. The summed E-state index contributed by atoms with van der Waals surface area (Å²) in [5, 5.41) is 1.10. The maximum absolute atomic E-state index is 11.2. The number of rotatable bonds is 3. The van der Waals surface area contributed by atoms with E-state index in [0.29, 0.717) is 6.42 Å². The molecule has 0 spiro atoms. The largest absolute Gasteiger partial charge is 0.393 e. The number of H-pyrrole nitrogens is 1. The Hall–Kier alpha value is -1.08. The van der Waals surface area contributed by atoms with Gasteiger partial charge >= 0.3 is 5.97 Å². The summed E-state index contributed by atoms with van der Waals surface area (Å²) >= 11 is 1.55. The van der Waals surface area contributed by atoms with Crippen molar-refractivity contribution in [2.75, 3.05) is 0 Å². The van der Waals surface area contributed by atoms with E-state index in [0.717, 1.165) is 16.5 Å². The van der Waals surface area contributed by atoms with Gasteiger partial charge < -0.3 is 13.8 Å². The Morgan fingerprint density at radius 1 is 1.50 bits per heavy atom. The van der Waals surface area contributed by atoms with Gasteiger partial charge in [-0.3, -0.25) is 0 Å². The first kappa shape index (κ1) is 11.4. The van der Waals surface area contributed by atoms with Crippen LogP contribution in [0.3, 0.4) is 0 Å². The van der Waals surface area contributed by atoms with Crippen LogP contribution in [0, 0.1) is 0 Å². The van der Waals surface area contributed by atoms with E-state index < -0.39 is 12.0 Å². The average Bonchev–Trinajstić information content (AvgIpc) is 2.72. The molecule has 1 aromatic carbocycles. The third-order valence-electron chi connectivity index (χ3n) is 2.49. The molecule has 2 aromatic rings. The van der Waals surface area contributed by atoms with E-state index in [1.54, 1.807) is 23.0 Å². The van der Waals surface area contributed by atoms with Crippen LogP contribution in [-0.4, -0.2) is 17.0 Å². The van der Waals surface area contributed by atoms with E-state index in [2.05, 4.69) is 8.05 Å². The van der Waals surface area contributed by atoms with Gasteiger partial charge in [-0.1, -0.05) is 18.2 Å². The molecule has 1 unspecified atom stereocenters. The van der Waals surface area contributed by atoms with Gasteiger partial charge in [0.05, 0.1) is 0 Å². The molecule has 3 N–H and O–H groups in total. The zero-order valence-electron chi connectivity index (χ0n) is 8.44. The van der Waals surface area contributed by atoms with Crippen LogP contribution in [0.5, 0.6) is 0 Å². The van der Waals surface area contributed by atoms with Crippen molar-refractivity contribution in [2.45, 2.75) is 12.5 Å². The summed E-state index contributed by atoms with van der Waals surface area (Å²) in [5.74, 6) is -0.397. The molecular weight excluding hydrogens is 319 g/mol. The summed E-state index contributed by atoms with van der Waals surface area (Å²) < 4.78 is 4.57. The van der Waals surface area contributed by atoms with Crippen molar-refractivity contribution in [3.63, 3.8) is 0 Å². The topological polar surface area (TPSA) is 68.1 Å². The van der Waals surface area contributed by atoms with Gasteiger partial charge in [0.25, 0.3) is 0 Å². The molecule has 2 rings (SSSR count). The van der Waals surface area contributed by atoms with Crippen molar-refractivity contribution >= 4 is 39.9 Å². The molecule has 16 heavy (non-hydrogen) atoms. The van der Waals surface area contributed by atoms with Gasteiger partial charge in [-0.25, -0.2) is 4.79 Å². The third-order valence-corrected chi connectivity index (χ3v) is 2.93.